The summed E-state index contributed by atoms with van der Waals surface area (Å²) in [4.78, 5) is 28.4. The van der Waals surface area contributed by atoms with E-state index < -0.39 is 27.9 Å². The number of thiazole rings is 1. The van der Waals surface area contributed by atoms with E-state index in [1.165, 1.54) is 32.5 Å². The van der Waals surface area contributed by atoms with E-state index in [9.17, 15) is 18.0 Å². The number of hydrogen-bond acceptors (Lipinski definition) is 7. The maximum absolute atomic E-state index is 13.1. The van der Waals surface area contributed by atoms with Crippen LogP contribution in [0.1, 0.15) is 30.3 Å². The van der Waals surface area contributed by atoms with Gasteiger partial charge in [0, 0.05) is 31.4 Å². The molecule has 2 aromatic heterocycles. The molecule has 1 aliphatic heterocycles. The Morgan fingerprint density at radius 3 is 2.89 bits per heavy atom. The number of carbonyl (C=O) groups excluding carboxylic acids is 2. The number of anilines is 1. The van der Waals surface area contributed by atoms with E-state index in [0.717, 1.165) is 0 Å². The minimum absolute atomic E-state index is 0.0398. The standard InChI is InChI=1S/C16H20N4O5S2/c1-3-25-15(22)13-9-11(10-19(13)2)27(23,24)20-7-4-5-12(20)14(21)18-16-17-6-8-26-16/h6,8-10,12H,3-5,7H2,1-2H3,(H,17,18,21)/t12-/m0/s1. The van der Waals surface area contributed by atoms with Gasteiger partial charge in [0.15, 0.2) is 5.13 Å². The number of aryl methyl sites for hydroxylation is 1. The van der Waals surface area contributed by atoms with Crippen molar-refractivity contribution in [2.75, 3.05) is 18.5 Å². The van der Waals surface area contributed by atoms with Crippen LogP contribution in [0, 0.1) is 0 Å². The summed E-state index contributed by atoms with van der Waals surface area (Å²) in [7, 11) is -2.36. The molecule has 0 unspecified atom stereocenters. The summed E-state index contributed by atoms with van der Waals surface area (Å²) in [5.74, 6) is -1.01. The Bertz CT molecular complexity index is 936. The fourth-order valence-corrected chi connectivity index (χ4v) is 5.24. The first-order chi connectivity index (χ1) is 12.8. The third kappa shape index (κ3) is 3.89. The van der Waals surface area contributed by atoms with Crippen LogP contribution in [-0.2, 0) is 26.6 Å². The predicted octanol–water partition coefficient (Wildman–Crippen LogP) is 1.45. The Hall–Kier alpha value is -2.24. The molecule has 1 atom stereocenters. The first kappa shape index (κ1) is 19.5. The zero-order valence-corrected chi connectivity index (χ0v) is 16.5. The number of esters is 1. The van der Waals surface area contributed by atoms with Gasteiger partial charge in [-0.25, -0.2) is 18.2 Å². The number of nitrogens with zero attached hydrogens (tertiary/aromatic N) is 3. The molecule has 0 spiro atoms. The fourth-order valence-electron chi connectivity index (χ4n) is 2.98. The lowest BCUT2D eigenvalue weighted by atomic mass is 10.2. The Kier molecular flexibility index (Phi) is 5.63. The average Bonchev–Trinajstić information content (AvgIpc) is 3.35. The normalized spacial score (nSPS) is 17.8. The topological polar surface area (TPSA) is 111 Å². The number of ether oxygens (including phenoxy) is 1. The van der Waals surface area contributed by atoms with E-state index in [-0.39, 0.29) is 23.7 Å². The van der Waals surface area contributed by atoms with Gasteiger partial charge in [0.2, 0.25) is 15.9 Å². The molecule has 0 saturated carbocycles. The molecule has 11 heteroatoms. The van der Waals surface area contributed by atoms with Crippen molar-refractivity contribution < 1.29 is 22.7 Å². The lowest BCUT2D eigenvalue weighted by molar-refractivity contribution is -0.119. The molecule has 0 aliphatic carbocycles. The Morgan fingerprint density at radius 1 is 1.44 bits per heavy atom. The second-order valence-electron chi connectivity index (χ2n) is 5.99. The van der Waals surface area contributed by atoms with Gasteiger partial charge in [0.25, 0.3) is 0 Å². The minimum atomic E-state index is -3.94. The van der Waals surface area contributed by atoms with Gasteiger partial charge < -0.3 is 14.6 Å². The molecule has 1 aliphatic rings. The van der Waals surface area contributed by atoms with Gasteiger partial charge in [-0.05, 0) is 25.8 Å². The quantitative estimate of drug-likeness (QED) is 0.719. The van der Waals surface area contributed by atoms with Gasteiger partial charge >= 0.3 is 5.97 Å². The molecule has 2 aromatic rings. The highest BCUT2D eigenvalue weighted by Crippen LogP contribution is 2.28. The third-order valence-corrected chi connectivity index (χ3v) is 6.80. The highest BCUT2D eigenvalue weighted by atomic mass is 32.2. The van der Waals surface area contributed by atoms with Crippen molar-refractivity contribution in [1.82, 2.24) is 13.9 Å². The number of amides is 1. The summed E-state index contributed by atoms with van der Waals surface area (Å²) in [6, 6.07) is 0.465. The number of rotatable bonds is 6. The summed E-state index contributed by atoms with van der Waals surface area (Å²) in [6.45, 7) is 2.10. The van der Waals surface area contributed by atoms with Crippen molar-refractivity contribution in [3.63, 3.8) is 0 Å². The molecule has 0 radical (unpaired) electrons. The van der Waals surface area contributed by atoms with Crippen LogP contribution in [0.4, 0.5) is 5.13 Å². The van der Waals surface area contributed by atoms with Gasteiger partial charge in [0.1, 0.15) is 16.6 Å². The smallest absolute Gasteiger partial charge is 0.354 e. The summed E-state index contributed by atoms with van der Waals surface area (Å²) >= 11 is 1.26. The Morgan fingerprint density at radius 2 is 2.22 bits per heavy atom. The monoisotopic (exact) mass is 412 g/mol. The SMILES string of the molecule is CCOC(=O)c1cc(S(=O)(=O)N2CCC[C@H]2C(=O)Nc2nccs2)cn1C. The first-order valence-electron chi connectivity index (χ1n) is 8.40. The van der Waals surface area contributed by atoms with Crippen LogP contribution in [0.15, 0.2) is 28.7 Å². The van der Waals surface area contributed by atoms with E-state index in [0.29, 0.717) is 18.0 Å². The number of hydrogen-bond donors (Lipinski definition) is 1. The van der Waals surface area contributed by atoms with Crippen LogP contribution in [0.2, 0.25) is 0 Å². The molecule has 1 saturated heterocycles. The van der Waals surface area contributed by atoms with Crippen molar-refractivity contribution >= 4 is 38.4 Å². The zero-order chi connectivity index (χ0) is 19.6. The van der Waals surface area contributed by atoms with E-state index in [2.05, 4.69) is 10.3 Å². The molecule has 27 heavy (non-hydrogen) atoms. The van der Waals surface area contributed by atoms with Crippen LogP contribution in [0.25, 0.3) is 0 Å². The van der Waals surface area contributed by atoms with Crippen LogP contribution >= 0.6 is 11.3 Å². The number of sulfonamides is 1. The number of nitrogens with one attached hydrogen (secondary N) is 1. The predicted molar refractivity (Wildman–Crippen MR) is 99.0 cm³/mol. The fraction of sp³-hybridized carbons (Fsp3) is 0.438. The molecule has 1 N–H and O–H groups in total. The maximum atomic E-state index is 13.1. The van der Waals surface area contributed by atoms with Gasteiger partial charge in [-0.1, -0.05) is 0 Å². The lowest BCUT2D eigenvalue weighted by Gasteiger charge is -2.22. The number of aromatic nitrogens is 2. The van der Waals surface area contributed by atoms with E-state index in [4.69, 9.17) is 4.74 Å². The first-order valence-corrected chi connectivity index (χ1v) is 10.7. The maximum Gasteiger partial charge on any atom is 0.354 e. The van der Waals surface area contributed by atoms with Gasteiger partial charge in [-0.3, -0.25) is 4.79 Å². The van der Waals surface area contributed by atoms with Crippen molar-refractivity contribution in [3.05, 3.63) is 29.5 Å². The largest absolute Gasteiger partial charge is 0.461 e. The molecule has 9 nitrogen and oxygen atoms in total. The van der Waals surface area contributed by atoms with Crippen LogP contribution in [0.3, 0.4) is 0 Å². The molecule has 146 valence electrons. The van der Waals surface area contributed by atoms with Crippen LogP contribution in [0.5, 0.6) is 0 Å². The summed E-state index contributed by atoms with van der Waals surface area (Å²) < 4.78 is 33.7. The second-order valence-corrected chi connectivity index (χ2v) is 8.78. The average molecular weight is 412 g/mol. The zero-order valence-electron chi connectivity index (χ0n) is 14.9. The van der Waals surface area contributed by atoms with Crippen molar-refractivity contribution in [3.8, 4) is 0 Å². The van der Waals surface area contributed by atoms with Crippen molar-refractivity contribution in [1.29, 1.82) is 0 Å². The second kappa shape index (κ2) is 7.79. The van der Waals surface area contributed by atoms with Crippen LogP contribution < -0.4 is 5.32 Å². The molecule has 0 bridgehead atoms. The van der Waals surface area contributed by atoms with Gasteiger partial charge in [-0.15, -0.1) is 11.3 Å². The van der Waals surface area contributed by atoms with Crippen LogP contribution in [-0.4, -0.2) is 53.3 Å². The van der Waals surface area contributed by atoms with Crippen molar-refractivity contribution in [2.24, 2.45) is 7.05 Å². The molecule has 3 heterocycles. The Balaban J connectivity index is 1.84. The van der Waals surface area contributed by atoms with Crippen molar-refractivity contribution in [2.45, 2.75) is 30.7 Å². The minimum Gasteiger partial charge on any atom is -0.461 e. The third-order valence-electron chi connectivity index (χ3n) is 4.24. The highest BCUT2D eigenvalue weighted by molar-refractivity contribution is 7.89. The summed E-state index contributed by atoms with van der Waals surface area (Å²) in [6.07, 6.45) is 3.92. The van der Waals surface area contributed by atoms with E-state index in [1.54, 1.807) is 25.5 Å². The molecule has 1 amide bonds. The number of carbonyl (C=O) groups is 2. The molecular weight excluding hydrogens is 392 g/mol. The lowest BCUT2D eigenvalue weighted by Crippen LogP contribution is -2.43. The van der Waals surface area contributed by atoms with E-state index in [1.807, 2.05) is 0 Å². The summed E-state index contributed by atoms with van der Waals surface area (Å²) in [5, 5.41) is 4.80. The molecule has 3 rings (SSSR count). The highest BCUT2D eigenvalue weighted by Gasteiger charge is 2.40. The summed E-state index contributed by atoms with van der Waals surface area (Å²) in [5.41, 5.74) is 0.137. The molecular formula is C16H20N4O5S2. The van der Waals surface area contributed by atoms with E-state index >= 15 is 0 Å². The molecule has 1 fully saturated rings. The van der Waals surface area contributed by atoms with Gasteiger partial charge in [0.05, 0.1) is 6.61 Å². The molecule has 0 aromatic carbocycles. The Labute approximate surface area is 161 Å². The van der Waals surface area contributed by atoms with Gasteiger partial charge in [-0.2, -0.15) is 4.31 Å².